The van der Waals surface area contributed by atoms with E-state index in [1.54, 1.807) is 13.8 Å². The first-order chi connectivity index (χ1) is 21.8. The molecule has 0 saturated carbocycles. The fraction of sp³-hybridized carbons (Fsp3) is 0.892. The van der Waals surface area contributed by atoms with Crippen molar-refractivity contribution in [2.24, 2.45) is 16.9 Å². The second kappa shape index (κ2) is 22.0. The van der Waals surface area contributed by atoms with Gasteiger partial charge in [-0.15, -0.1) is 0 Å². The summed E-state index contributed by atoms with van der Waals surface area (Å²) >= 11 is 0. The predicted octanol–water partition coefficient (Wildman–Crippen LogP) is 5.05. The smallest absolute Gasteiger partial charge is 0.220 e. The van der Waals surface area contributed by atoms with Crippen LogP contribution in [0.4, 0.5) is 0 Å². The van der Waals surface area contributed by atoms with E-state index in [0.29, 0.717) is 26.1 Å². The van der Waals surface area contributed by atoms with Crippen molar-refractivity contribution in [3.63, 3.8) is 0 Å². The molecule has 47 heavy (non-hydrogen) atoms. The zero-order valence-electron chi connectivity index (χ0n) is 32.0. The number of nitrogens with two attached hydrogens (primary N) is 2. The number of hydrogen-bond acceptors (Lipinski definition) is 8. The van der Waals surface area contributed by atoms with Gasteiger partial charge in [-0.05, 0) is 67.2 Å². The molecule has 2 atom stereocenters. The first-order valence-corrected chi connectivity index (χ1v) is 18.4. The van der Waals surface area contributed by atoms with Crippen LogP contribution in [-0.4, -0.2) is 71.7 Å². The first kappa shape index (κ1) is 45.1. The number of carbonyl (C=O) groups excluding carboxylic acids is 4. The predicted molar refractivity (Wildman–Crippen MR) is 195 cm³/mol. The van der Waals surface area contributed by atoms with Gasteiger partial charge in [0, 0.05) is 49.0 Å². The maximum atomic E-state index is 14.5. The molecule has 0 bridgehead atoms. The van der Waals surface area contributed by atoms with E-state index in [1.807, 2.05) is 27.7 Å². The fourth-order valence-corrected chi connectivity index (χ4v) is 5.78. The summed E-state index contributed by atoms with van der Waals surface area (Å²) < 4.78 is 0. The highest BCUT2D eigenvalue weighted by Gasteiger charge is 2.48. The molecule has 0 aliphatic rings. The van der Waals surface area contributed by atoms with Crippen LogP contribution in [0, 0.1) is 5.41 Å². The van der Waals surface area contributed by atoms with Gasteiger partial charge in [0.05, 0.1) is 17.6 Å². The van der Waals surface area contributed by atoms with Gasteiger partial charge in [0.25, 0.3) is 0 Å². The Morgan fingerprint density at radius 3 is 1.57 bits per heavy atom. The molecule has 276 valence electrons. The molecule has 0 rings (SSSR count). The molecule has 0 aromatic heterocycles. The number of nitrogens with one attached hydrogen (secondary N) is 4. The van der Waals surface area contributed by atoms with Gasteiger partial charge in [0.1, 0.15) is 0 Å². The Kier molecular flexibility index (Phi) is 21.1. The molecule has 2 unspecified atom stereocenters. The van der Waals surface area contributed by atoms with E-state index < -0.39 is 28.6 Å². The lowest BCUT2D eigenvalue weighted by Crippen LogP contribution is -2.65. The van der Waals surface area contributed by atoms with Gasteiger partial charge < -0.3 is 32.7 Å². The minimum atomic E-state index is -1.12. The average molecular weight is 667 g/mol. The topological polar surface area (TPSA) is 168 Å². The Labute approximate surface area is 287 Å². The summed E-state index contributed by atoms with van der Waals surface area (Å²) in [7, 11) is 0. The van der Waals surface area contributed by atoms with E-state index in [9.17, 15) is 19.2 Å². The van der Waals surface area contributed by atoms with Crippen LogP contribution in [0.15, 0.2) is 0 Å². The van der Waals surface area contributed by atoms with Gasteiger partial charge >= 0.3 is 0 Å². The molecular weight excluding hydrogens is 592 g/mol. The van der Waals surface area contributed by atoms with Crippen LogP contribution in [0.1, 0.15) is 159 Å². The third-order valence-electron chi connectivity index (χ3n) is 9.59. The molecule has 0 spiro atoms. The highest BCUT2D eigenvalue weighted by Crippen LogP contribution is 2.35. The molecule has 0 radical (unpaired) electrons. The Morgan fingerprint density at radius 2 is 1.09 bits per heavy atom. The van der Waals surface area contributed by atoms with Gasteiger partial charge in [-0.2, -0.15) is 0 Å². The summed E-state index contributed by atoms with van der Waals surface area (Å²) in [5, 5.41) is 12.9. The van der Waals surface area contributed by atoms with Crippen molar-refractivity contribution in [2.75, 3.05) is 19.6 Å². The minimum absolute atomic E-state index is 0.0396. The van der Waals surface area contributed by atoms with Crippen molar-refractivity contribution in [3.05, 3.63) is 0 Å². The summed E-state index contributed by atoms with van der Waals surface area (Å²) in [6.07, 6.45) is 11.9. The molecule has 0 aromatic carbocycles. The van der Waals surface area contributed by atoms with E-state index in [4.69, 9.17) is 11.5 Å². The van der Waals surface area contributed by atoms with Gasteiger partial charge in [-0.3, -0.25) is 19.2 Å². The Bertz CT molecular complexity index is 942. The molecule has 8 N–H and O–H groups in total. The summed E-state index contributed by atoms with van der Waals surface area (Å²) in [6.45, 7) is 20.9. The van der Waals surface area contributed by atoms with Crippen LogP contribution in [0.25, 0.3) is 0 Å². The molecule has 10 nitrogen and oxygen atoms in total. The van der Waals surface area contributed by atoms with E-state index in [1.165, 1.54) is 19.3 Å². The van der Waals surface area contributed by atoms with E-state index in [0.717, 1.165) is 44.9 Å². The molecule has 0 aliphatic heterocycles. The second-order valence-electron chi connectivity index (χ2n) is 15.8. The first-order valence-electron chi connectivity index (χ1n) is 18.4. The van der Waals surface area contributed by atoms with Crippen molar-refractivity contribution < 1.29 is 19.2 Å². The Balaban J connectivity index is 5.95. The highest BCUT2D eigenvalue weighted by molar-refractivity contribution is 5.93. The number of carbonyl (C=O) groups is 4. The number of unbranched alkanes of at least 4 members (excludes halogenated alkanes) is 7. The molecule has 10 heteroatoms. The fourth-order valence-electron chi connectivity index (χ4n) is 5.78. The van der Waals surface area contributed by atoms with Gasteiger partial charge in [-0.1, -0.05) is 79.1 Å². The third-order valence-corrected chi connectivity index (χ3v) is 9.59. The van der Waals surface area contributed by atoms with Crippen molar-refractivity contribution in [1.82, 2.24) is 21.3 Å². The lowest BCUT2D eigenvalue weighted by Gasteiger charge is -2.46. The molecular formula is C37H74N6O4. The quantitative estimate of drug-likeness (QED) is 0.0631. The van der Waals surface area contributed by atoms with Crippen molar-refractivity contribution >= 4 is 23.4 Å². The van der Waals surface area contributed by atoms with Crippen LogP contribution in [0.3, 0.4) is 0 Å². The van der Waals surface area contributed by atoms with E-state index in [-0.39, 0.29) is 48.2 Å². The zero-order valence-corrected chi connectivity index (χ0v) is 32.0. The highest BCUT2D eigenvalue weighted by atomic mass is 16.2. The number of Topliss-reactive ketones (excluding diaryl/α,β-unsaturated/α-hetero) is 2. The van der Waals surface area contributed by atoms with E-state index in [2.05, 4.69) is 49.0 Å². The number of ketones is 2. The van der Waals surface area contributed by atoms with Crippen molar-refractivity contribution in [2.45, 2.75) is 188 Å². The number of hydrogen-bond donors (Lipinski definition) is 6. The maximum absolute atomic E-state index is 14.5. The van der Waals surface area contributed by atoms with Crippen LogP contribution in [0.2, 0.25) is 0 Å². The molecule has 0 fully saturated rings. The molecule has 0 saturated heterocycles. The monoisotopic (exact) mass is 667 g/mol. The van der Waals surface area contributed by atoms with Crippen LogP contribution in [0.5, 0.6) is 0 Å². The summed E-state index contributed by atoms with van der Waals surface area (Å²) in [5.41, 5.74) is 8.57. The van der Waals surface area contributed by atoms with Gasteiger partial charge in [0.15, 0.2) is 11.6 Å². The van der Waals surface area contributed by atoms with Gasteiger partial charge in [-0.25, -0.2) is 0 Å². The summed E-state index contributed by atoms with van der Waals surface area (Å²) in [4.78, 5) is 53.3. The van der Waals surface area contributed by atoms with Crippen LogP contribution >= 0.6 is 0 Å². The average Bonchev–Trinajstić information content (AvgIpc) is 2.98. The second-order valence-corrected chi connectivity index (χ2v) is 15.8. The SMILES string of the molecule is CCCCCCCNC(=O)CCC(NC(C)(C)C(C)(C)C(=O)C(CCC(=O)NCCN)NC(C)(C)CCCCCC)C(=O)C(C)(C)N. The molecule has 0 heterocycles. The maximum Gasteiger partial charge on any atom is 0.220 e. The molecule has 2 amide bonds. The minimum Gasteiger partial charge on any atom is -0.356 e. The number of rotatable bonds is 28. The third kappa shape index (κ3) is 17.9. The molecule has 0 aliphatic carbocycles. The Morgan fingerprint density at radius 1 is 0.617 bits per heavy atom. The standard InChI is InChI=1S/C37H74N6O4/c1-11-13-15-17-19-26-40-30(44)23-21-29(33(47)36(7,8)39)43-37(9,10)35(5,6)32(46)28(20-22-31(45)41-27-25-38)42-34(3,4)24-18-16-14-12-2/h28-29,42-43H,11-27,38-39H2,1-10H3,(H,40,44)(H,41,45). The lowest BCUT2D eigenvalue weighted by atomic mass is 9.68. The largest absolute Gasteiger partial charge is 0.356 e. The van der Waals surface area contributed by atoms with Crippen LogP contribution in [-0.2, 0) is 19.2 Å². The summed E-state index contributed by atoms with van der Waals surface area (Å²) in [5.74, 6) is -0.481. The number of amides is 2. The van der Waals surface area contributed by atoms with E-state index >= 15 is 0 Å². The van der Waals surface area contributed by atoms with Gasteiger partial charge in [0.2, 0.25) is 11.8 Å². The van der Waals surface area contributed by atoms with Crippen molar-refractivity contribution in [3.8, 4) is 0 Å². The molecule has 0 aromatic rings. The summed E-state index contributed by atoms with van der Waals surface area (Å²) in [6, 6.07) is -1.31. The Hall–Kier alpha value is -1.88. The van der Waals surface area contributed by atoms with Crippen molar-refractivity contribution in [1.29, 1.82) is 0 Å². The van der Waals surface area contributed by atoms with Crippen LogP contribution < -0.4 is 32.7 Å². The zero-order chi connectivity index (χ0) is 36.3. The normalized spacial score (nSPS) is 14.0. The lowest BCUT2D eigenvalue weighted by molar-refractivity contribution is -0.136.